The first-order valence-electron chi connectivity index (χ1n) is 4.39. The highest BCUT2D eigenvalue weighted by Crippen LogP contribution is 2.11. The van der Waals surface area contributed by atoms with Crippen molar-refractivity contribution in [1.29, 1.82) is 0 Å². The number of carbonyl (C=O) groups is 1. The second-order valence-electron chi connectivity index (χ2n) is 3.22. The highest BCUT2D eigenvalue weighted by molar-refractivity contribution is 5.76. The molecule has 4 nitrogen and oxygen atoms in total. The van der Waals surface area contributed by atoms with Gasteiger partial charge in [0.25, 0.3) is 0 Å². The lowest BCUT2D eigenvalue weighted by Crippen LogP contribution is -2.15. The van der Waals surface area contributed by atoms with Crippen molar-refractivity contribution in [1.82, 2.24) is 9.38 Å². The van der Waals surface area contributed by atoms with E-state index in [1.54, 1.807) is 0 Å². The molecule has 2 aromatic heterocycles. The van der Waals surface area contributed by atoms with E-state index in [1.165, 1.54) is 0 Å². The number of hydrogen-bond acceptors (Lipinski definition) is 2. The van der Waals surface area contributed by atoms with E-state index in [0.29, 0.717) is 0 Å². The Balaban J connectivity index is 2.62. The lowest BCUT2D eigenvalue weighted by molar-refractivity contribution is -0.117. The topological polar surface area (TPSA) is 60.4 Å². The molecular weight excluding hydrogens is 178 g/mol. The van der Waals surface area contributed by atoms with Gasteiger partial charge in [0.05, 0.1) is 17.8 Å². The molecule has 0 radical (unpaired) electrons. The maximum Gasteiger partial charge on any atom is 0.223 e. The quantitative estimate of drug-likeness (QED) is 0.754. The van der Waals surface area contributed by atoms with E-state index < -0.39 is 0 Å². The molecule has 0 saturated heterocycles. The molecule has 2 rings (SSSR count). The summed E-state index contributed by atoms with van der Waals surface area (Å²) in [6, 6.07) is 5.71. The van der Waals surface area contributed by atoms with Crippen LogP contribution in [-0.2, 0) is 11.2 Å². The van der Waals surface area contributed by atoms with Crippen molar-refractivity contribution >= 4 is 11.6 Å². The fraction of sp³-hybridized carbons (Fsp3) is 0.200. The summed E-state index contributed by atoms with van der Waals surface area (Å²) in [6.07, 6.45) is 2.12. The minimum Gasteiger partial charge on any atom is -0.369 e. The van der Waals surface area contributed by atoms with Gasteiger partial charge in [-0.15, -0.1) is 0 Å². The van der Waals surface area contributed by atoms with Gasteiger partial charge in [0, 0.05) is 6.20 Å². The molecule has 2 heterocycles. The molecule has 2 aromatic rings. The normalized spacial score (nSPS) is 10.6. The number of nitrogens with two attached hydrogens (primary N) is 1. The summed E-state index contributed by atoms with van der Waals surface area (Å²) in [5.41, 5.74) is 7.74. The van der Waals surface area contributed by atoms with Crippen LogP contribution in [0.15, 0.2) is 24.4 Å². The molecule has 72 valence electrons. The number of primary amides is 1. The fourth-order valence-corrected chi connectivity index (χ4v) is 1.54. The number of carbonyl (C=O) groups excluding carboxylic acids is 1. The Morgan fingerprint density at radius 2 is 2.36 bits per heavy atom. The number of rotatable bonds is 2. The number of imidazole rings is 1. The van der Waals surface area contributed by atoms with Crippen molar-refractivity contribution in [2.45, 2.75) is 13.3 Å². The third-order valence-corrected chi connectivity index (χ3v) is 2.17. The van der Waals surface area contributed by atoms with Crippen LogP contribution in [0, 0.1) is 6.92 Å². The average molecular weight is 189 g/mol. The minimum absolute atomic E-state index is 0.233. The maximum atomic E-state index is 10.8. The second-order valence-corrected chi connectivity index (χ2v) is 3.22. The van der Waals surface area contributed by atoms with Crippen LogP contribution in [0.5, 0.6) is 0 Å². The predicted molar refractivity (Wildman–Crippen MR) is 52.8 cm³/mol. The third kappa shape index (κ3) is 1.35. The molecule has 0 bridgehead atoms. The molecule has 14 heavy (non-hydrogen) atoms. The smallest absolute Gasteiger partial charge is 0.223 e. The van der Waals surface area contributed by atoms with Crippen LogP contribution < -0.4 is 5.73 Å². The predicted octanol–water partition coefficient (Wildman–Crippen LogP) is 0.671. The maximum absolute atomic E-state index is 10.8. The Kier molecular flexibility index (Phi) is 1.96. The van der Waals surface area contributed by atoms with Crippen LogP contribution in [0.3, 0.4) is 0 Å². The van der Waals surface area contributed by atoms with Crippen LogP contribution in [0.1, 0.15) is 11.4 Å². The van der Waals surface area contributed by atoms with E-state index in [9.17, 15) is 4.79 Å². The number of amides is 1. The Morgan fingerprint density at radius 1 is 1.57 bits per heavy atom. The molecule has 4 heteroatoms. The van der Waals surface area contributed by atoms with Gasteiger partial charge in [0.15, 0.2) is 0 Å². The number of pyridine rings is 1. The Bertz CT molecular complexity index is 487. The minimum atomic E-state index is -0.334. The Morgan fingerprint density at radius 3 is 3.07 bits per heavy atom. The van der Waals surface area contributed by atoms with Crippen molar-refractivity contribution in [3.05, 3.63) is 35.8 Å². The molecule has 0 aliphatic rings. The van der Waals surface area contributed by atoms with Crippen molar-refractivity contribution in [2.24, 2.45) is 5.73 Å². The summed E-state index contributed by atoms with van der Waals surface area (Å²) in [6.45, 7) is 1.88. The Hall–Kier alpha value is -1.84. The fourth-order valence-electron chi connectivity index (χ4n) is 1.54. The monoisotopic (exact) mass is 189 g/mol. The van der Waals surface area contributed by atoms with Gasteiger partial charge in [-0.05, 0) is 19.1 Å². The zero-order valence-corrected chi connectivity index (χ0v) is 7.90. The van der Waals surface area contributed by atoms with E-state index >= 15 is 0 Å². The van der Waals surface area contributed by atoms with Crippen LogP contribution in [0.25, 0.3) is 5.65 Å². The van der Waals surface area contributed by atoms with Gasteiger partial charge in [-0.3, -0.25) is 4.79 Å². The van der Waals surface area contributed by atoms with Gasteiger partial charge in [-0.25, -0.2) is 4.98 Å². The molecule has 0 aliphatic heterocycles. The van der Waals surface area contributed by atoms with Crippen LogP contribution in [0.4, 0.5) is 0 Å². The van der Waals surface area contributed by atoms with Gasteiger partial charge >= 0.3 is 0 Å². The molecule has 2 N–H and O–H groups in total. The largest absolute Gasteiger partial charge is 0.369 e. The van der Waals surface area contributed by atoms with Gasteiger partial charge in [-0.2, -0.15) is 0 Å². The van der Waals surface area contributed by atoms with Gasteiger partial charge < -0.3 is 10.1 Å². The number of hydrogen-bond donors (Lipinski definition) is 1. The third-order valence-electron chi connectivity index (χ3n) is 2.17. The molecule has 0 fully saturated rings. The van der Waals surface area contributed by atoms with E-state index in [2.05, 4.69) is 4.98 Å². The Labute approximate surface area is 81.4 Å². The first-order chi connectivity index (χ1) is 6.68. The zero-order valence-electron chi connectivity index (χ0n) is 7.90. The summed E-state index contributed by atoms with van der Waals surface area (Å²) in [5, 5.41) is 0. The summed E-state index contributed by atoms with van der Waals surface area (Å²) >= 11 is 0. The van der Waals surface area contributed by atoms with Gasteiger partial charge in [0.1, 0.15) is 5.65 Å². The van der Waals surface area contributed by atoms with Crippen LogP contribution in [0.2, 0.25) is 0 Å². The number of aryl methyl sites for hydroxylation is 1. The highest BCUT2D eigenvalue weighted by Gasteiger charge is 2.09. The van der Waals surface area contributed by atoms with E-state index in [-0.39, 0.29) is 12.3 Å². The summed E-state index contributed by atoms with van der Waals surface area (Å²) < 4.78 is 1.89. The van der Waals surface area contributed by atoms with E-state index in [1.807, 2.05) is 35.7 Å². The molecule has 0 spiro atoms. The van der Waals surface area contributed by atoms with Gasteiger partial charge in [0.2, 0.25) is 5.91 Å². The summed E-state index contributed by atoms with van der Waals surface area (Å²) in [7, 11) is 0. The zero-order chi connectivity index (χ0) is 10.1. The van der Waals surface area contributed by atoms with E-state index in [4.69, 9.17) is 5.73 Å². The SMILES string of the molecule is Cc1nc2ccccn2c1CC(N)=O. The van der Waals surface area contributed by atoms with Crippen LogP contribution >= 0.6 is 0 Å². The molecule has 0 unspecified atom stereocenters. The number of fused-ring (bicyclic) bond motifs is 1. The second kappa shape index (κ2) is 3.14. The molecule has 0 aliphatic carbocycles. The van der Waals surface area contributed by atoms with Crippen molar-refractivity contribution in [3.63, 3.8) is 0 Å². The molecule has 1 amide bonds. The lowest BCUT2D eigenvalue weighted by Gasteiger charge is -1.98. The average Bonchev–Trinajstić information content (AvgIpc) is 2.43. The molecule has 0 atom stereocenters. The summed E-state index contributed by atoms with van der Waals surface area (Å²) in [4.78, 5) is 15.2. The van der Waals surface area contributed by atoms with Gasteiger partial charge in [-0.1, -0.05) is 6.07 Å². The van der Waals surface area contributed by atoms with Crippen LogP contribution in [-0.4, -0.2) is 15.3 Å². The van der Waals surface area contributed by atoms with E-state index in [0.717, 1.165) is 17.0 Å². The molecule has 0 aromatic carbocycles. The van der Waals surface area contributed by atoms with Crippen molar-refractivity contribution in [3.8, 4) is 0 Å². The lowest BCUT2D eigenvalue weighted by atomic mass is 10.2. The first-order valence-corrected chi connectivity index (χ1v) is 4.39. The van der Waals surface area contributed by atoms with Crippen molar-refractivity contribution in [2.75, 3.05) is 0 Å². The standard InChI is InChI=1S/C10H11N3O/c1-7-8(6-9(11)14)13-5-3-2-4-10(13)12-7/h2-5H,6H2,1H3,(H2,11,14). The number of nitrogens with zero attached hydrogens (tertiary/aromatic N) is 2. The number of aromatic nitrogens is 2. The van der Waals surface area contributed by atoms with Crippen molar-refractivity contribution < 1.29 is 4.79 Å². The highest BCUT2D eigenvalue weighted by atomic mass is 16.1. The summed E-state index contributed by atoms with van der Waals surface area (Å²) in [5.74, 6) is -0.334. The first kappa shape index (κ1) is 8.74. The molecule has 0 saturated carbocycles. The molecular formula is C10H11N3O.